The molecule has 1 aromatic heterocycles. The van der Waals surface area contributed by atoms with Crippen LogP contribution in [0.5, 0.6) is 0 Å². The van der Waals surface area contributed by atoms with Crippen molar-refractivity contribution < 1.29 is 5.11 Å². The lowest BCUT2D eigenvalue weighted by Crippen LogP contribution is -2.33. The van der Waals surface area contributed by atoms with Gasteiger partial charge in [0.15, 0.2) is 0 Å². The van der Waals surface area contributed by atoms with Crippen LogP contribution in [0.2, 0.25) is 0 Å². The highest BCUT2D eigenvalue weighted by molar-refractivity contribution is 5.30. The third kappa shape index (κ3) is 3.47. The van der Waals surface area contributed by atoms with Crippen molar-refractivity contribution in [2.75, 3.05) is 18.1 Å². The van der Waals surface area contributed by atoms with E-state index < -0.39 is 0 Å². The van der Waals surface area contributed by atoms with Gasteiger partial charge in [0.1, 0.15) is 0 Å². The van der Waals surface area contributed by atoms with Crippen LogP contribution in [0.25, 0.3) is 0 Å². The molecule has 1 aromatic rings. The van der Waals surface area contributed by atoms with E-state index in [1.807, 2.05) is 19.3 Å². The van der Waals surface area contributed by atoms with E-state index in [4.69, 9.17) is 5.11 Å². The Morgan fingerprint density at radius 2 is 1.93 bits per heavy atom. The quantitative estimate of drug-likeness (QED) is 0.796. The Morgan fingerprint density at radius 1 is 1.33 bits per heavy atom. The van der Waals surface area contributed by atoms with Gasteiger partial charge in [0.05, 0.1) is 0 Å². The number of hydrogen-bond donors (Lipinski definition) is 1. The van der Waals surface area contributed by atoms with E-state index in [0.717, 1.165) is 24.5 Å². The second-order valence-electron chi connectivity index (χ2n) is 3.92. The summed E-state index contributed by atoms with van der Waals surface area (Å²) in [4.78, 5) is 10.7. The van der Waals surface area contributed by atoms with Gasteiger partial charge in [0.2, 0.25) is 5.95 Å². The molecule has 1 heterocycles. The lowest BCUT2D eigenvalue weighted by Gasteiger charge is -2.26. The van der Waals surface area contributed by atoms with Crippen molar-refractivity contribution in [3.8, 4) is 0 Å². The SMILES string of the molecule is Cc1cnc(N(CCCO)C(C)C)nc1. The maximum atomic E-state index is 8.82. The van der Waals surface area contributed by atoms with Gasteiger partial charge in [0, 0.05) is 31.6 Å². The molecule has 0 fully saturated rings. The maximum Gasteiger partial charge on any atom is 0.225 e. The number of aliphatic hydroxyl groups is 1. The molecule has 4 heteroatoms. The zero-order valence-corrected chi connectivity index (χ0v) is 9.64. The number of aryl methyl sites for hydroxylation is 1. The van der Waals surface area contributed by atoms with Crippen LogP contribution >= 0.6 is 0 Å². The zero-order chi connectivity index (χ0) is 11.3. The summed E-state index contributed by atoms with van der Waals surface area (Å²) in [5.74, 6) is 0.740. The number of aliphatic hydroxyl groups excluding tert-OH is 1. The van der Waals surface area contributed by atoms with Crippen LogP contribution < -0.4 is 4.90 Å². The summed E-state index contributed by atoms with van der Waals surface area (Å²) in [6, 6.07) is 0.347. The van der Waals surface area contributed by atoms with Crippen molar-refractivity contribution in [3.05, 3.63) is 18.0 Å². The third-order valence-electron chi connectivity index (χ3n) is 2.20. The molecule has 0 atom stereocenters. The highest BCUT2D eigenvalue weighted by atomic mass is 16.3. The predicted molar refractivity (Wildman–Crippen MR) is 61.0 cm³/mol. The molecule has 0 radical (unpaired) electrons. The van der Waals surface area contributed by atoms with Crippen molar-refractivity contribution in [2.45, 2.75) is 33.2 Å². The Bertz CT molecular complexity index is 284. The summed E-state index contributed by atoms with van der Waals surface area (Å²) < 4.78 is 0. The minimum Gasteiger partial charge on any atom is -0.396 e. The average Bonchev–Trinajstić information content (AvgIpc) is 2.21. The minimum atomic E-state index is 0.203. The van der Waals surface area contributed by atoms with Gasteiger partial charge < -0.3 is 10.0 Å². The summed E-state index contributed by atoms with van der Waals surface area (Å²) in [5, 5.41) is 8.82. The first-order valence-corrected chi connectivity index (χ1v) is 5.31. The molecule has 0 aliphatic carbocycles. The van der Waals surface area contributed by atoms with Crippen molar-refractivity contribution in [2.24, 2.45) is 0 Å². The summed E-state index contributed by atoms with van der Waals surface area (Å²) in [6.45, 7) is 7.16. The Hall–Kier alpha value is -1.16. The normalized spacial score (nSPS) is 10.7. The Balaban J connectivity index is 2.74. The van der Waals surface area contributed by atoms with Crippen molar-refractivity contribution in [1.82, 2.24) is 9.97 Å². The Morgan fingerprint density at radius 3 is 2.40 bits per heavy atom. The molecule has 0 unspecified atom stereocenters. The van der Waals surface area contributed by atoms with Gasteiger partial charge in [-0.1, -0.05) is 0 Å². The summed E-state index contributed by atoms with van der Waals surface area (Å²) in [7, 11) is 0. The monoisotopic (exact) mass is 209 g/mol. The van der Waals surface area contributed by atoms with E-state index in [0.29, 0.717) is 6.04 Å². The van der Waals surface area contributed by atoms with E-state index >= 15 is 0 Å². The van der Waals surface area contributed by atoms with Gasteiger partial charge in [-0.3, -0.25) is 0 Å². The van der Waals surface area contributed by atoms with Crippen LogP contribution in [-0.2, 0) is 0 Å². The molecule has 0 amide bonds. The molecular formula is C11H19N3O. The molecule has 0 spiro atoms. The van der Waals surface area contributed by atoms with E-state index in [9.17, 15) is 0 Å². The van der Waals surface area contributed by atoms with Crippen LogP contribution in [0.1, 0.15) is 25.8 Å². The minimum absolute atomic E-state index is 0.203. The first kappa shape index (κ1) is 11.9. The van der Waals surface area contributed by atoms with Crippen molar-refractivity contribution in [3.63, 3.8) is 0 Å². The first-order chi connectivity index (χ1) is 7.15. The van der Waals surface area contributed by atoms with Gasteiger partial charge in [-0.25, -0.2) is 9.97 Å². The molecule has 0 saturated heterocycles. The number of hydrogen-bond acceptors (Lipinski definition) is 4. The Labute approximate surface area is 91.0 Å². The first-order valence-electron chi connectivity index (χ1n) is 5.31. The highest BCUT2D eigenvalue weighted by Gasteiger charge is 2.12. The van der Waals surface area contributed by atoms with Gasteiger partial charge in [-0.15, -0.1) is 0 Å². The fourth-order valence-corrected chi connectivity index (χ4v) is 1.36. The number of rotatable bonds is 5. The van der Waals surface area contributed by atoms with Crippen LogP contribution in [0.3, 0.4) is 0 Å². The van der Waals surface area contributed by atoms with Crippen LogP contribution in [0, 0.1) is 6.92 Å². The molecule has 0 saturated carbocycles. The number of aromatic nitrogens is 2. The zero-order valence-electron chi connectivity index (χ0n) is 9.64. The molecule has 0 aromatic carbocycles. The predicted octanol–water partition coefficient (Wildman–Crippen LogP) is 1.38. The average molecular weight is 209 g/mol. The summed E-state index contributed by atoms with van der Waals surface area (Å²) in [5.41, 5.74) is 1.06. The van der Waals surface area contributed by atoms with Gasteiger partial charge in [0.25, 0.3) is 0 Å². The topological polar surface area (TPSA) is 49.2 Å². The standard InChI is InChI=1S/C11H19N3O/c1-9(2)14(5-4-6-15)11-12-7-10(3)8-13-11/h7-9,15H,4-6H2,1-3H3. The van der Waals surface area contributed by atoms with Gasteiger partial charge in [-0.2, -0.15) is 0 Å². The van der Waals surface area contributed by atoms with E-state index in [-0.39, 0.29) is 6.61 Å². The largest absolute Gasteiger partial charge is 0.396 e. The second kappa shape index (κ2) is 5.66. The molecule has 0 bridgehead atoms. The fraction of sp³-hybridized carbons (Fsp3) is 0.636. The summed E-state index contributed by atoms with van der Waals surface area (Å²) in [6.07, 6.45) is 4.38. The lowest BCUT2D eigenvalue weighted by molar-refractivity contribution is 0.288. The van der Waals surface area contributed by atoms with Gasteiger partial charge in [-0.05, 0) is 32.8 Å². The van der Waals surface area contributed by atoms with Crippen molar-refractivity contribution >= 4 is 5.95 Å². The third-order valence-corrected chi connectivity index (χ3v) is 2.20. The highest BCUT2D eigenvalue weighted by Crippen LogP contribution is 2.11. The molecule has 1 N–H and O–H groups in total. The molecule has 1 rings (SSSR count). The number of nitrogens with zero attached hydrogens (tertiary/aromatic N) is 3. The Kier molecular flexibility index (Phi) is 4.49. The van der Waals surface area contributed by atoms with E-state index in [1.54, 1.807) is 0 Å². The lowest BCUT2D eigenvalue weighted by atomic mass is 10.3. The van der Waals surface area contributed by atoms with Crippen LogP contribution in [0.4, 0.5) is 5.95 Å². The molecule has 15 heavy (non-hydrogen) atoms. The van der Waals surface area contributed by atoms with Crippen molar-refractivity contribution in [1.29, 1.82) is 0 Å². The smallest absolute Gasteiger partial charge is 0.225 e. The van der Waals surface area contributed by atoms with E-state index in [2.05, 4.69) is 28.7 Å². The molecule has 4 nitrogen and oxygen atoms in total. The fourth-order valence-electron chi connectivity index (χ4n) is 1.36. The molecule has 0 aliphatic heterocycles. The van der Waals surface area contributed by atoms with Crippen LogP contribution in [0.15, 0.2) is 12.4 Å². The maximum absolute atomic E-state index is 8.82. The van der Waals surface area contributed by atoms with E-state index in [1.165, 1.54) is 0 Å². The van der Waals surface area contributed by atoms with Gasteiger partial charge >= 0.3 is 0 Å². The number of anilines is 1. The molecular weight excluding hydrogens is 190 g/mol. The molecule has 84 valence electrons. The van der Waals surface area contributed by atoms with Crippen LogP contribution in [-0.4, -0.2) is 34.3 Å². The summed E-state index contributed by atoms with van der Waals surface area (Å²) >= 11 is 0. The molecule has 0 aliphatic rings. The second-order valence-corrected chi connectivity index (χ2v) is 3.92.